The molecule has 1 aliphatic carbocycles. The van der Waals surface area contributed by atoms with E-state index >= 15 is 0 Å². The van der Waals surface area contributed by atoms with Crippen LogP contribution in [0.3, 0.4) is 0 Å². The molecular weight excluding hydrogens is 360 g/mol. The van der Waals surface area contributed by atoms with Gasteiger partial charge in [-0.2, -0.15) is 0 Å². The number of carbonyl (C=O) groups is 2. The lowest BCUT2D eigenvalue weighted by atomic mass is 10.0. The van der Waals surface area contributed by atoms with E-state index in [1.807, 2.05) is 20.8 Å². The Balaban J connectivity index is 1.78. The molecule has 8 heteroatoms. The average Bonchev–Trinajstić information content (AvgIpc) is 2.89. The van der Waals surface area contributed by atoms with Crippen LogP contribution in [-0.4, -0.2) is 58.2 Å². The van der Waals surface area contributed by atoms with Gasteiger partial charge in [0.25, 0.3) is 0 Å². The van der Waals surface area contributed by atoms with E-state index < -0.39 is 5.60 Å². The third-order valence-corrected chi connectivity index (χ3v) is 5.12. The number of hydrogen-bond acceptors (Lipinski definition) is 7. The van der Waals surface area contributed by atoms with Crippen LogP contribution < -0.4 is 4.90 Å². The number of esters is 1. The van der Waals surface area contributed by atoms with Gasteiger partial charge in [0.1, 0.15) is 23.9 Å². The van der Waals surface area contributed by atoms with Crippen LogP contribution in [0.25, 0.3) is 0 Å². The highest BCUT2D eigenvalue weighted by molar-refractivity contribution is 5.69. The maximum Gasteiger partial charge on any atom is 0.410 e. The Hall–Kier alpha value is -2.38. The van der Waals surface area contributed by atoms with Gasteiger partial charge in [-0.3, -0.25) is 4.79 Å². The van der Waals surface area contributed by atoms with Crippen LogP contribution in [-0.2, 0) is 14.3 Å². The molecule has 1 aromatic rings. The molecule has 2 heterocycles. The number of ether oxygens (including phenoxy) is 2. The molecular formula is C20H30N4O4. The second kappa shape index (κ2) is 7.56. The Morgan fingerprint density at radius 1 is 1.18 bits per heavy atom. The number of rotatable bonds is 2. The Kier molecular flexibility index (Phi) is 5.50. The summed E-state index contributed by atoms with van der Waals surface area (Å²) in [7, 11) is 0. The Morgan fingerprint density at radius 3 is 2.50 bits per heavy atom. The van der Waals surface area contributed by atoms with Gasteiger partial charge in [-0.15, -0.1) is 0 Å². The molecule has 28 heavy (non-hydrogen) atoms. The third kappa shape index (κ3) is 4.20. The largest absolute Gasteiger partial charge is 0.456 e. The molecule has 3 rings (SSSR count). The Bertz CT molecular complexity index is 761. The summed E-state index contributed by atoms with van der Waals surface area (Å²) in [5, 5.41) is 0. The predicted octanol–water partition coefficient (Wildman–Crippen LogP) is 3.03. The van der Waals surface area contributed by atoms with Crippen LogP contribution in [0.15, 0.2) is 6.33 Å². The third-order valence-electron chi connectivity index (χ3n) is 5.12. The Labute approximate surface area is 166 Å². The smallest absolute Gasteiger partial charge is 0.410 e. The lowest BCUT2D eigenvalue weighted by molar-refractivity contribution is -0.146. The van der Waals surface area contributed by atoms with Gasteiger partial charge < -0.3 is 19.3 Å². The lowest BCUT2D eigenvalue weighted by Gasteiger charge is -2.41. The van der Waals surface area contributed by atoms with E-state index in [2.05, 4.69) is 28.7 Å². The molecule has 0 spiro atoms. The molecule has 0 radical (unpaired) electrons. The van der Waals surface area contributed by atoms with Crippen LogP contribution in [0.4, 0.5) is 10.6 Å². The molecule has 0 saturated carbocycles. The number of nitrogens with zero attached hydrogens (tertiary/aromatic N) is 4. The van der Waals surface area contributed by atoms with Gasteiger partial charge >= 0.3 is 12.1 Å². The number of anilines is 1. The van der Waals surface area contributed by atoms with Crippen molar-refractivity contribution in [1.82, 2.24) is 14.9 Å². The van der Waals surface area contributed by atoms with Gasteiger partial charge in [-0.25, -0.2) is 14.8 Å². The van der Waals surface area contributed by atoms with E-state index in [-0.39, 0.29) is 30.1 Å². The minimum Gasteiger partial charge on any atom is -0.456 e. The van der Waals surface area contributed by atoms with Crippen molar-refractivity contribution in [1.29, 1.82) is 0 Å². The van der Waals surface area contributed by atoms with Crippen molar-refractivity contribution in [2.45, 2.75) is 71.6 Å². The fourth-order valence-corrected chi connectivity index (χ4v) is 3.98. The number of fused-ring (bicyclic) bond motifs is 1. The average molecular weight is 390 g/mol. The van der Waals surface area contributed by atoms with E-state index in [9.17, 15) is 9.59 Å². The zero-order valence-electron chi connectivity index (χ0n) is 17.6. The van der Waals surface area contributed by atoms with Crippen molar-refractivity contribution < 1.29 is 19.1 Å². The predicted molar refractivity (Wildman–Crippen MR) is 104 cm³/mol. The van der Waals surface area contributed by atoms with E-state index in [4.69, 9.17) is 9.47 Å². The molecule has 3 atom stereocenters. The quantitative estimate of drug-likeness (QED) is 0.718. The summed E-state index contributed by atoms with van der Waals surface area (Å²) < 4.78 is 11.0. The number of aromatic nitrogens is 2. The van der Waals surface area contributed by atoms with Crippen LogP contribution in [0, 0.1) is 0 Å². The number of amides is 1. The van der Waals surface area contributed by atoms with Crippen LogP contribution in [0.5, 0.6) is 0 Å². The first-order valence-corrected chi connectivity index (χ1v) is 9.83. The van der Waals surface area contributed by atoms with Crippen molar-refractivity contribution in [3.8, 4) is 0 Å². The molecule has 154 valence electrons. The molecule has 1 aliphatic heterocycles. The second-order valence-electron chi connectivity index (χ2n) is 8.70. The summed E-state index contributed by atoms with van der Waals surface area (Å²) >= 11 is 0. The second-order valence-corrected chi connectivity index (χ2v) is 8.70. The molecule has 1 fully saturated rings. The molecule has 0 aromatic carbocycles. The molecule has 0 N–H and O–H groups in total. The molecule has 2 aliphatic rings. The van der Waals surface area contributed by atoms with E-state index in [0.29, 0.717) is 26.1 Å². The van der Waals surface area contributed by atoms with Crippen LogP contribution >= 0.6 is 0 Å². The van der Waals surface area contributed by atoms with Gasteiger partial charge in [0.15, 0.2) is 0 Å². The molecule has 1 aromatic heterocycles. The highest BCUT2D eigenvalue weighted by Gasteiger charge is 2.38. The maximum absolute atomic E-state index is 12.4. The zero-order chi connectivity index (χ0) is 20.6. The van der Waals surface area contributed by atoms with Crippen LogP contribution in [0.1, 0.15) is 71.2 Å². The Morgan fingerprint density at radius 2 is 1.89 bits per heavy atom. The SMILES string of the molecule is CC(=O)OC1C[C@@H](C)c2c1ncnc2N1CCN(C(=O)OC(C)(C)C)CC1C. The summed E-state index contributed by atoms with van der Waals surface area (Å²) in [5.74, 6) is 0.777. The first kappa shape index (κ1) is 20.4. The minimum atomic E-state index is -0.508. The van der Waals surface area contributed by atoms with Crippen molar-refractivity contribution in [3.05, 3.63) is 17.6 Å². The first-order valence-electron chi connectivity index (χ1n) is 9.83. The van der Waals surface area contributed by atoms with E-state index in [1.165, 1.54) is 13.3 Å². The first-order chi connectivity index (χ1) is 13.1. The van der Waals surface area contributed by atoms with Gasteiger partial charge in [-0.1, -0.05) is 6.92 Å². The summed E-state index contributed by atoms with van der Waals surface area (Å²) in [6.45, 7) is 13.0. The topological polar surface area (TPSA) is 84.9 Å². The molecule has 2 unspecified atom stereocenters. The monoisotopic (exact) mass is 390 g/mol. The van der Waals surface area contributed by atoms with Gasteiger partial charge in [-0.05, 0) is 40.0 Å². The fraction of sp³-hybridized carbons (Fsp3) is 0.700. The highest BCUT2D eigenvalue weighted by atomic mass is 16.6. The number of carbonyl (C=O) groups excluding carboxylic acids is 2. The fourth-order valence-electron chi connectivity index (χ4n) is 3.98. The summed E-state index contributed by atoms with van der Waals surface area (Å²) in [6.07, 6.45) is 1.65. The van der Waals surface area contributed by atoms with Gasteiger partial charge in [0.2, 0.25) is 0 Å². The maximum atomic E-state index is 12.4. The highest BCUT2D eigenvalue weighted by Crippen LogP contribution is 2.45. The van der Waals surface area contributed by atoms with E-state index in [1.54, 1.807) is 4.90 Å². The van der Waals surface area contributed by atoms with Crippen molar-refractivity contribution in [2.24, 2.45) is 0 Å². The summed E-state index contributed by atoms with van der Waals surface area (Å²) in [4.78, 5) is 36.8. The molecule has 1 amide bonds. The van der Waals surface area contributed by atoms with Gasteiger partial charge in [0.05, 0.1) is 5.69 Å². The summed E-state index contributed by atoms with van der Waals surface area (Å²) in [6, 6.07) is 0.0836. The van der Waals surface area contributed by atoms with Crippen molar-refractivity contribution in [2.75, 3.05) is 24.5 Å². The lowest BCUT2D eigenvalue weighted by Crippen LogP contribution is -2.55. The van der Waals surface area contributed by atoms with Crippen molar-refractivity contribution in [3.63, 3.8) is 0 Å². The molecule has 8 nitrogen and oxygen atoms in total. The van der Waals surface area contributed by atoms with Crippen LogP contribution in [0.2, 0.25) is 0 Å². The number of piperazine rings is 1. The number of hydrogen-bond donors (Lipinski definition) is 0. The normalized spacial score (nSPS) is 24.7. The molecule has 0 bridgehead atoms. The summed E-state index contributed by atoms with van der Waals surface area (Å²) in [5.41, 5.74) is 1.34. The minimum absolute atomic E-state index is 0.0836. The zero-order valence-corrected chi connectivity index (χ0v) is 17.6. The van der Waals surface area contributed by atoms with Gasteiger partial charge in [0, 0.05) is 38.2 Å². The standard InChI is InChI=1S/C20H30N4O4/c1-12-9-15(27-14(3)25)17-16(12)18(22-11-21-17)24-8-7-23(10-13(24)2)19(26)28-20(4,5)6/h11-13,15H,7-10H2,1-6H3/t12-,13?,15?/m1/s1. The molecule has 1 saturated heterocycles. The van der Waals surface area contributed by atoms with Crippen molar-refractivity contribution >= 4 is 17.9 Å². The van der Waals surface area contributed by atoms with E-state index in [0.717, 1.165) is 17.1 Å².